The first-order valence-corrected chi connectivity index (χ1v) is 9.55. The van der Waals surface area contributed by atoms with Gasteiger partial charge in [-0.1, -0.05) is 23.8 Å². The van der Waals surface area contributed by atoms with Gasteiger partial charge in [0.1, 0.15) is 0 Å². The number of aryl methyl sites for hydroxylation is 4. The van der Waals surface area contributed by atoms with Gasteiger partial charge in [-0.3, -0.25) is 4.79 Å². The van der Waals surface area contributed by atoms with Crippen molar-refractivity contribution in [3.8, 4) is 0 Å². The molecule has 2 N–H and O–H groups in total. The van der Waals surface area contributed by atoms with Crippen LogP contribution in [0.4, 0.5) is 10.5 Å². The molecule has 0 fully saturated rings. The van der Waals surface area contributed by atoms with Gasteiger partial charge in [-0.05, 0) is 69.0 Å². The summed E-state index contributed by atoms with van der Waals surface area (Å²) in [6, 6.07) is 11.5. The molecule has 0 radical (unpaired) electrons. The van der Waals surface area contributed by atoms with E-state index in [2.05, 4.69) is 16.4 Å². The van der Waals surface area contributed by atoms with E-state index in [0.29, 0.717) is 13.1 Å². The SMILES string of the molecule is CCN(Cc1cc(=O)[nH]c2c(C)cc(C)cc12)C(=O)Nc1cc(C)ccc1C. The highest BCUT2D eigenvalue weighted by molar-refractivity contribution is 5.91. The zero-order valence-electron chi connectivity index (χ0n) is 17.1. The molecular weight excluding hydrogens is 350 g/mol. The summed E-state index contributed by atoms with van der Waals surface area (Å²) in [6.45, 7) is 10.8. The van der Waals surface area contributed by atoms with Gasteiger partial charge in [0.05, 0.1) is 5.52 Å². The van der Waals surface area contributed by atoms with Crippen LogP contribution in [0, 0.1) is 27.7 Å². The average Bonchev–Trinajstić information content (AvgIpc) is 2.63. The molecule has 0 aliphatic heterocycles. The molecule has 0 unspecified atom stereocenters. The minimum Gasteiger partial charge on any atom is -0.322 e. The number of fused-ring (bicyclic) bond motifs is 1. The van der Waals surface area contributed by atoms with Crippen LogP contribution < -0.4 is 10.9 Å². The van der Waals surface area contributed by atoms with E-state index >= 15 is 0 Å². The maximum Gasteiger partial charge on any atom is 0.322 e. The average molecular weight is 377 g/mol. The Morgan fingerprint density at radius 2 is 1.75 bits per heavy atom. The molecule has 146 valence electrons. The molecule has 3 aromatic rings. The Labute approximate surface area is 165 Å². The molecule has 5 heteroatoms. The van der Waals surface area contributed by atoms with Crippen LogP contribution in [0.1, 0.15) is 34.7 Å². The maximum absolute atomic E-state index is 12.9. The second-order valence-electron chi connectivity index (χ2n) is 7.43. The highest BCUT2D eigenvalue weighted by Gasteiger charge is 2.16. The van der Waals surface area contributed by atoms with Crippen LogP contribution in [0.2, 0.25) is 0 Å². The lowest BCUT2D eigenvalue weighted by molar-refractivity contribution is 0.212. The van der Waals surface area contributed by atoms with Crippen LogP contribution in [-0.2, 0) is 6.54 Å². The molecule has 0 spiro atoms. The van der Waals surface area contributed by atoms with Gasteiger partial charge < -0.3 is 15.2 Å². The van der Waals surface area contributed by atoms with Crippen LogP contribution in [-0.4, -0.2) is 22.5 Å². The molecular formula is C23H27N3O2. The fraction of sp³-hybridized carbons (Fsp3) is 0.304. The Balaban J connectivity index is 1.93. The van der Waals surface area contributed by atoms with Gasteiger partial charge in [-0.25, -0.2) is 4.79 Å². The third-order valence-electron chi connectivity index (χ3n) is 5.04. The van der Waals surface area contributed by atoms with E-state index < -0.39 is 0 Å². The summed E-state index contributed by atoms with van der Waals surface area (Å²) in [5.41, 5.74) is 6.60. The van der Waals surface area contributed by atoms with Crippen LogP contribution in [0.15, 0.2) is 41.2 Å². The van der Waals surface area contributed by atoms with E-state index in [-0.39, 0.29) is 11.6 Å². The number of urea groups is 1. The Kier molecular flexibility index (Phi) is 5.54. The van der Waals surface area contributed by atoms with Crippen molar-refractivity contribution in [3.63, 3.8) is 0 Å². The number of amides is 2. The molecule has 1 heterocycles. The number of hydrogen-bond donors (Lipinski definition) is 2. The third kappa shape index (κ3) is 4.09. The molecule has 5 nitrogen and oxygen atoms in total. The van der Waals surface area contributed by atoms with E-state index in [1.165, 1.54) is 0 Å². The number of aromatic amines is 1. The van der Waals surface area contributed by atoms with Gasteiger partial charge >= 0.3 is 6.03 Å². The third-order valence-corrected chi connectivity index (χ3v) is 5.04. The molecule has 0 atom stereocenters. The van der Waals surface area contributed by atoms with Gasteiger partial charge in [0.25, 0.3) is 0 Å². The van der Waals surface area contributed by atoms with Crippen molar-refractivity contribution in [2.24, 2.45) is 0 Å². The summed E-state index contributed by atoms with van der Waals surface area (Å²) in [7, 11) is 0. The predicted molar refractivity (Wildman–Crippen MR) is 115 cm³/mol. The number of pyridine rings is 1. The fourth-order valence-electron chi connectivity index (χ4n) is 3.51. The molecule has 0 aliphatic carbocycles. The van der Waals surface area contributed by atoms with Crippen LogP contribution in [0.5, 0.6) is 0 Å². The number of H-pyrrole nitrogens is 1. The minimum absolute atomic E-state index is 0.152. The number of benzene rings is 2. The van der Waals surface area contributed by atoms with Crippen LogP contribution >= 0.6 is 0 Å². The van der Waals surface area contributed by atoms with E-state index in [4.69, 9.17) is 0 Å². The highest BCUT2D eigenvalue weighted by Crippen LogP contribution is 2.23. The lowest BCUT2D eigenvalue weighted by atomic mass is 10.0. The Hall–Kier alpha value is -3.08. The summed E-state index contributed by atoms with van der Waals surface area (Å²) in [6.07, 6.45) is 0. The number of nitrogens with zero attached hydrogens (tertiary/aromatic N) is 1. The molecule has 0 bridgehead atoms. The van der Waals surface area contributed by atoms with Gasteiger partial charge in [0.2, 0.25) is 5.56 Å². The first-order chi connectivity index (χ1) is 13.3. The standard InChI is InChI=1S/C23H27N3O2/c1-6-26(23(28)24-20-11-14(2)7-8-16(20)4)13-18-12-21(27)25-22-17(5)9-15(3)10-19(18)22/h7-12H,6,13H2,1-5H3,(H,24,28)(H,25,27). The van der Waals surface area contributed by atoms with Crippen LogP contribution in [0.25, 0.3) is 10.9 Å². The summed E-state index contributed by atoms with van der Waals surface area (Å²) >= 11 is 0. The molecule has 2 aromatic carbocycles. The lowest BCUT2D eigenvalue weighted by Crippen LogP contribution is -2.34. The van der Waals surface area contributed by atoms with Gasteiger partial charge in [-0.2, -0.15) is 0 Å². The zero-order chi connectivity index (χ0) is 20.4. The van der Waals surface area contributed by atoms with Crippen molar-refractivity contribution in [2.75, 3.05) is 11.9 Å². The van der Waals surface area contributed by atoms with Crippen LogP contribution in [0.3, 0.4) is 0 Å². The van der Waals surface area contributed by atoms with Crippen molar-refractivity contribution < 1.29 is 4.79 Å². The number of carbonyl (C=O) groups is 1. The second kappa shape index (κ2) is 7.89. The number of rotatable bonds is 4. The molecule has 3 rings (SSSR count). The Bertz CT molecular complexity index is 1100. The fourth-order valence-corrected chi connectivity index (χ4v) is 3.51. The summed E-state index contributed by atoms with van der Waals surface area (Å²) in [5.74, 6) is 0. The van der Waals surface area contributed by atoms with Crippen molar-refractivity contribution >= 4 is 22.6 Å². The zero-order valence-corrected chi connectivity index (χ0v) is 17.1. The molecule has 28 heavy (non-hydrogen) atoms. The Morgan fingerprint density at radius 1 is 1.00 bits per heavy atom. The van der Waals surface area contributed by atoms with E-state index in [1.807, 2.05) is 58.9 Å². The van der Waals surface area contributed by atoms with Crippen molar-refractivity contribution in [1.82, 2.24) is 9.88 Å². The Morgan fingerprint density at radius 3 is 2.46 bits per heavy atom. The largest absolute Gasteiger partial charge is 0.322 e. The molecule has 1 aromatic heterocycles. The number of carbonyl (C=O) groups excluding carboxylic acids is 1. The summed E-state index contributed by atoms with van der Waals surface area (Å²) in [5, 5.41) is 3.99. The topological polar surface area (TPSA) is 65.2 Å². The van der Waals surface area contributed by atoms with Gasteiger partial charge in [0.15, 0.2) is 0 Å². The van der Waals surface area contributed by atoms with E-state index in [0.717, 1.165) is 44.4 Å². The van der Waals surface area contributed by atoms with E-state index in [1.54, 1.807) is 11.0 Å². The highest BCUT2D eigenvalue weighted by atomic mass is 16.2. The first-order valence-electron chi connectivity index (χ1n) is 9.55. The maximum atomic E-state index is 12.9. The van der Waals surface area contributed by atoms with Crippen molar-refractivity contribution in [1.29, 1.82) is 0 Å². The summed E-state index contributed by atoms with van der Waals surface area (Å²) in [4.78, 5) is 29.7. The van der Waals surface area contributed by atoms with Gasteiger partial charge in [-0.15, -0.1) is 0 Å². The normalized spacial score (nSPS) is 10.9. The molecule has 0 aliphatic rings. The van der Waals surface area contributed by atoms with Crippen molar-refractivity contribution in [2.45, 2.75) is 41.2 Å². The molecule has 2 amide bonds. The number of hydrogen-bond acceptors (Lipinski definition) is 2. The second-order valence-corrected chi connectivity index (χ2v) is 7.43. The lowest BCUT2D eigenvalue weighted by Gasteiger charge is -2.23. The number of nitrogens with one attached hydrogen (secondary N) is 2. The first kappa shape index (κ1) is 19.7. The predicted octanol–water partition coefficient (Wildman–Crippen LogP) is 4.82. The quantitative estimate of drug-likeness (QED) is 0.685. The molecule has 0 saturated carbocycles. The minimum atomic E-state index is -0.172. The molecule has 0 saturated heterocycles. The van der Waals surface area contributed by atoms with Gasteiger partial charge in [0, 0.05) is 30.2 Å². The monoisotopic (exact) mass is 377 g/mol. The summed E-state index contributed by atoms with van der Waals surface area (Å²) < 4.78 is 0. The number of aromatic nitrogens is 1. The van der Waals surface area contributed by atoms with Crippen molar-refractivity contribution in [3.05, 3.63) is 74.6 Å². The van der Waals surface area contributed by atoms with E-state index in [9.17, 15) is 9.59 Å². The number of anilines is 1. The smallest absolute Gasteiger partial charge is 0.322 e.